The lowest BCUT2D eigenvalue weighted by molar-refractivity contribution is 0.0969. The topological polar surface area (TPSA) is 118 Å². The average molecular weight is 538 g/mol. The molecule has 0 spiro atoms. The van der Waals surface area contributed by atoms with Gasteiger partial charge in [-0.3, -0.25) is 9.78 Å². The molecule has 3 N–H and O–H groups in total. The summed E-state index contributed by atoms with van der Waals surface area (Å²) in [6, 6.07) is 17.1. The van der Waals surface area contributed by atoms with Crippen LogP contribution in [-0.2, 0) is 16.4 Å². The maximum Gasteiger partial charge on any atom is 0.268 e. The number of ether oxygens (including phenoxy) is 1. The minimum Gasteiger partial charge on any atom is -0.490 e. The number of nitrogens with one attached hydrogen (secondary N) is 2. The Morgan fingerprint density at radius 1 is 1.08 bits per heavy atom. The lowest BCUT2D eigenvalue weighted by atomic mass is 9.97. The van der Waals surface area contributed by atoms with Crippen LogP contribution in [0.15, 0.2) is 67.0 Å². The molecule has 0 radical (unpaired) electrons. The van der Waals surface area contributed by atoms with Crippen LogP contribution in [0.2, 0.25) is 0 Å². The van der Waals surface area contributed by atoms with Gasteiger partial charge >= 0.3 is 0 Å². The predicted molar refractivity (Wildman–Crippen MR) is 147 cm³/mol. The first-order valence-electron chi connectivity index (χ1n) is 13.0. The first-order valence-corrected chi connectivity index (χ1v) is 14.9. The van der Waals surface area contributed by atoms with E-state index >= 15 is 0 Å². The van der Waals surface area contributed by atoms with Gasteiger partial charge < -0.3 is 15.2 Å². The fraction of sp³-hybridized carbons (Fsp3) is 0.379. The number of nitrogens with zero attached hydrogens (tertiary/aromatic N) is 1. The number of rotatable bonds is 11. The molecule has 0 saturated heterocycles. The van der Waals surface area contributed by atoms with Crippen LogP contribution in [0, 0.1) is 0 Å². The monoisotopic (exact) mass is 537 g/mol. The molecule has 1 aromatic heterocycles. The summed E-state index contributed by atoms with van der Waals surface area (Å²) < 4.78 is 31.6. The zero-order chi connectivity index (χ0) is 27.0. The van der Waals surface area contributed by atoms with Crippen molar-refractivity contribution in [1.82, 2.24) is 15.0 Å². The number of hydrogen-bond acceptors (Lipinski definition) is 7. The van der Waals surface area contributed by atoms with E-state index in [1.165, 1.54) is 6.42 Å². The van der Waals surface area contributed by atoms with Gasteiger partial charge in [-0.15, -0.1) is 0 Å². The second kappa shape index (κ2) is 13.0. The van der Waals surface area contributed by atoms with Gasteiger partial charge in [0.25, 0.3) is 5.91 Å². The number of pyridine rings is 1. The molecule has 1 amide bonds. The van der Waals surface area contributed by atoms with Crippen LogP contribution < -0.4 is 14.8 Å². The third-order valence-electron chi connectivity index (χ3n) is 6.63. The minimum absolute atomic E-state index is 0.00957. The van der Waals surface area contributed by atoms with E-state index in [2.05, 4.69) is 22.4 Å². The van der Waals surface area contributed by atoms with Crippen molar-refractivity contribution >= 4 is 15.9 Å². The maximum atomic E-state index is 12.7. The molecule has 202 valence electrons. The van der Waals surface area contributed by atoms with Crippen LogP contribution in [0.25, 0.3) is 11.1 Å². The molecule has 0 aliphatic heterocycles. The van der Waals surface area contributed by atoms with Crippen LogP contribution in [0.3, 0.4) is 0 Å². The number of aromatic nitrogens is 1. The second-order valence-corrected chi connectivity index (χ2v) is 11.5. The Morgan fingerprint density at radius 2 is 1.82 bits per heavy atom. The van der Waals surface area contributed by atoms with Gasteiger partial charge in [-0.2, -0.15) is 0 Å². The normalized spacial score (nSPS) is 15.1. The van der Waals surface area contributed by atoms with Crippen molar-refractivity contribution in [2.75, 3.05) is 19.3 Å². The van der Waals surface area contributed by atoms with E-state index < -0.39 is 22.0 Å². The Bertz CT molecular complexity index is 1310. The van der Waals surface area contributed by atoms with E-state index in [0.717, 1.165) is 67.2 Å². The first kappa shape index (κ1) is 27.8. The highest BCUT2D eigenvalue weighted by molar-refractivity contribution is 7.89. The third-order valence-corrected chi connectivity index (χ3v) is 7.19. The molecule has 38 heavy (non-hydrogen) atoms. The maximum absolute atomic E-state index is 12.7. The molecule has 1 saturated carbocycles. The lowest BCUT2D eigenvalue weighted by Crippen LogP contribution is -2.30. The van der Waals surface area contributed by atoms with E-state index in [0.29, 0.717) is 12.3 Å². The number of aliphatic hydroxyl groups is 1. The Morgan fingerprint density at radius 3 is 2.50 bits per heavy atom. The van der Waals surface area contributed by atoms with Crippen molar-refractivity contribution in [3.63, 3.8) is 0 Å². The number of hydrogen-bond donors (Lipinski definition) is 3. The van der Waals surface area contributed by atoms with Gasteiger partial charge in [0.05, 0.1) is 24.0 Å². The lowest BCUT2D eigenvalue weighted by Gasteiger charge is -2.24. The van der Waals surface area contributed by atoms with Crippen molar-refractivity contribution < 1.29 is 23.1 Å². The summed E-state index contributed by atoms with van der Waals surface area (Å²) >= 11 is 0. The second-order valence-electron chi connectivity index (χ2n) is 9.75. The summed E-state index contributed by atoms with van der Waals surface area (Å²) in [5.41, 5.74) is 4.00. The van der Waals surface area contributed by atoms with Crippen molar-refractivity contribution in [3.05, 3.63) is 83.7 Å². The van der Waals surface area contributed by atoms with Gasteiger partial charge in [-0.1, -0.05) is 42.8 Å². The smallest absolute Gasteiger partial charge is 0.268 e. The van der Waals surface area contributed by atoms with Crippen LogP contribution >= 0.6 is 0 Å². The molecule has 4 rings (SSSR count). The summed E-state index contributed by atoms with van der Waals surface area (Å²) in [4.78, 5) is 16.7. The number of carbonyl (C=O) groups is 1. The van der Waals surface area contributed by atoms with Crippen molar-refractivity contribution in [2.24, 2.45) is 0 Å². The number of amides is 1. The van der Waals surface area contributed by atoms with Crippen LogP contribution in [0.5, 0.6) is 5.75 Å². The molecular formula is C29H35N3O5S. The molecule has 1 fully saturated rings. The Hall–Kier alpha value is -3.27. The number of sulfonamides is 1. The summed E-state index contributed by atoms with van der Waals surface area (Å²) in [5, 5.41) is 13.5. The highest BCUT2D eigenvalue weighted by Crippen LogP contribution is 2.31. The zero-order valence-electron chi connectivity index (χ0n) is 21.6. The van der Waals surface area contributed by atoms with Crippen LogP contribution in [-0.4, -0.2) is 49.9 Å². The van der Waals surface area contributed by atoms with Gasteiger partial charge in [-0.25, -0.2) is 13.1 Å². The van der Waals surface area contributed by atoms with E-state index in [1.54, 1.807) is 24.5 Å². The SMILES string of the molecule is CS(=O)(=O)NC(=O)c1ccc(-c2ccc(CCNC[C@@H](O)c3cccnc3)cc2)cc1OC1CCCCC1. The van der Waals surface area contributed by atoms with E-state index in [-0.39, 0.29) is 11.7 Å². The molecule has 1 aliphatic carbocycles. The molecular weight excluding hydrogens is 502 g/mol. The zero-order valence-corrected chi connectivity index (χ0v) is 22.4. The fourth-order valence-corrected chi connectivity index (χ4v) is 5.05. The molecule has 1 aliphatic rings. The molecule has 2 aromatic carbocycles. The Balaban J connectivity index is 1.41. The number of benzene rings is 2. The Labute approximate surface area is 224 Å². The molecule has 1 atom stereocenters. The highest BCUT2D eigenvalue weighted by Gasteiger charge is 2.21. The number of carbonyl (C=O) groups excluding carboxylic acids is 1. The van der Waals surface area contributed by atoms with Crippen LogP contribution in [0.4, 0.5) is 0 Å². The molecule has 0 unspecified atom stereocenters. The van der Waals surface area contributed by atoms with Gasteiger partial charge in [0.1, 0.15) is 5.75 Å². The standard InChI is InChI=1S/C29H35N3O5S/c1-38(35,36)32-29(34)26-14-13-23(18-28(26)37-25-7-3-2-4-8-25)22-11-9-21(10-12-22)15-17-31-20-27(33)24-6-5-16-30-19-24/h5-6,9-14,16,18-19,25,27,31,33H,2-4,7-8,15,17,20H2,1H3,(H,32,34)/t27-/m1/s1. The summed E-state index contributed by atoms with van der Waals surface area (Å²) in [5.74, 6) is -0.294. The fourth-order valence-electron chi connectivity index (χ4n) is 4.60. The minimum atomic E-state index is -3.69. The quantitative estimate of drug-likeness (QED) is 0.316. The van der Waals surface area contributed by atoms with Crippen molar-refractivity contribution in [2.45, 2.75) is 50.7 Å². The number of aliphatic hydroxyl groups excluding tert-OH is 1. The van der Waals surface area contributed by atoms with Gasteiger partial charge in [0.15, 0.2) is 0 Å². The van der Waals surface area contributed by atoms with Crippen molar-refractivity contribution in [3.8, 4) is 16.9 Å². The largest absolute Gasteiger partial charge is 0.490 e. The summed E-state index contributed by atoms with van der Waals surface area (Å²) in [6.45, 7) is 1.17. The van der Waals surface area contributed by atoms with Crippen molar-refractivity contribution in [1.29, 1.82) is 0 Å². The highest BCUT2D eigenvalue weighted by atomic mass is 32.2. The molecule has 1 heterocycles. The molecule has 9 heteroatoms. The first-order chi connectivity index (χ1) is 18.3. The van der Waals surface area contributed by atoms with Crippen LogP contribution in [0.1, 0.15) is 59.7 Å². The van der Waals surface area contributed by atoms with Gasteiger partial charge in [-0.05, 0) is 73.5 Å². The summed E-state index contributed by atoms with van der Waals surface area (Å²) in [7, 11) is -3.69. The summed E-state index contributed by atoms with van der Waals surface area (Å²) in [6.07, 6.45) is 9.69. The average Bonchev–Trinajstić information content (AvgIpc) is 2.91. The van der Waals surface area contributed by atoms with Gasteiger partial charge in [0, 0.05) is 24.5 Å². The Kier molecular flexibility index (Phi) is 9.49. The van der Waals surface area contributed by atoms with Gasteiger partial charge in [0.2, 0.25) is 10.0 Å². The van der Waals surface area contributed by atoms with E-state index in [4.69, 9.17) is 4.74 Å². The van der Waals surface area contributed by atoms with E-state index in [9.17, 15) is 18.3 Å². The molecule has 8 nitrogen and oxygen atoms in total. The van der Waals surface area contributed by atoms with E-state index in [1.807, 2.05) is 35.1 Å². The molecule has 0 bridgehead atoms. The molecule has 3 aromatic rings. The third kappa shape index (κ3) is 8.11. The predicted octanol–water partition coefficient (Wildman–Crippen LogP) is 4.02.